The van der Waals surface area contributed by atoms with Gasteiger partial charge in [0, 0.05) is 26.6 Å². The molecular formula is C18H34O5. The summed E-state index contributed by atoms with van der Waals surface area (Å²) in [6.45, 7) is 5.81. The van der Waals surface area contributed by atoms with Crippen LogP contribution in [0.3, 0.4) is 0 Å². The minimum absolute atomic E-state index is 0.229. The molecule has 0 amide bonds. The number of rotatable bonds is 15. The van der Waals surface area contributed by atoms with Crippen LogP contribution in [0.25, 0.3) is 0 Å². The molecule has 0 aliphatic carbocycles. The maximum Gasteiger partial charge on any atom is 0.305 e. The number of carbonyl (C=O) groups is 2. The second-order valence-corrected chi connectivity index (χ2v) is 5.90. The van der Waals surface area contributed by atoms with Gasteiger partial charge in [-0.25, -0.2) is 0 Å². The first-order chi connectivity index (χ1) is 11.1. The van der Waals surface area contributed by atoms with Gasteiger partial charge in [0.25, 0.3) is 0 Å². The van der Waals surface area contributed by atoms with Gasteiger partial charge in [0.15, 0.2) is 0 Å². The average Bonchev–Trinajstić information content (AvgIpc) is 2.54. The van der Waals surface area contributed by atoms with Crippen molar-refractivity contribution >= 4 is 11.9 Å². The van der Waals surface area contributed by atoms with Gasteiger partial charge in [-0.05, 0) is 31.6 Å². The maximum atomic E-state index is 11.7. The molecule has 0 rings (SSSR count). The molecule has 0 aromatic heterocycles. The standard InChI is InChI=1S/C18H34O5/c1-4-6-9-16(12-14-21-3)15-23-18(20)11-8-10-17(19)22-13-7-5-2/h16H,4-15H2,1-3H3. The first kappa shape index (κ1) is 21.9. The fourth-order valence-corrected chi connectivity index (χ4v) is 2.15. The number of carbonyl (C=O) groups excluding carboxylic acids is 2. The van der Waals surface area contributed by atoms with E-state index in [-0.39, 0.29) is 24.8 Å². The summed E-state index contributed by atoms with van der Waals surface area (Å²) in [7, 11) is 1.68. The summed E-state index contributed by atoms with van der Waals surface area (Å²) in [6.07, 6.45) is 7.16. The van der Waals surface area contributed by atoms with Crippen LogP contribution in [0.5, 0.6) is 0 Å². The lowest BCUT2D eigenvalue weighted by atomic mass is 10.00. The van der Waals surface area contributed by atoms with Crippen molar-refractivity contribution in [3.63, 3.8) is 0 Å². The Bertz CT molecular complexity index is 296. The lowest BCUT2D eigenvalue weighted by molar-refractivity contribution is -0.146. The molecule has 1 atom stereocenters. The van der Waals surface area contributed by atoms with Gasteiger partial charge in [0.2, 0.25) is 0 Å². The van der Waals surface area contributed by atoms with E-state index in [2.05, 4.69) is 6.92 Å². The van der Waals surface area contributed by atoms with Crippen LogP contribution in [-0.2, 0) is 23.8 Å². The van der Waals surface area contributed by atoms with Gasteiger partial charge >= 0.3 is 11.9 Å². The number of hydrogen-bond acceptors (Lipinski definition) is 5. The van der Waals surface area contributed by atoms with E-state index in [1.807, 2.05) is 6.92 Å². The highest BCUT2D eigenvalue weighted by atomic mass is 16.5. The lowest BCUT2D eigenvalue weighted by Crippen LogP contribution is -2.16. The second kappa shape index (κ2) is 15.8. The van der Waals surface area contributed by atoms with Crippen LogP contribution in [0.2, 0.25) is 0 Å². The van der Waals surface area contributed by atoms with Crippen LogP contribution in [-0.4, -0.2) is 38.9 Å². The number of methoxy groups -OCH3 is 1. The van der Waals surface area contributed by atoms with E-state index in [1.54, 1.807) is 7.11 Å². The molecule has 0 saturated carbocycles. The topological polar surface area (TPSA) is 61.8 Å². The van der Waals surface area contributed by atoms with Crippen LogP contribution in [0, 0.1) is 5.92 Å². The molecule has 5 heteroatoms. The van der Waals surface area contributed by atoms with Crippen LogP contribution >= 0.6 is 0 Å². The van der Waals surface area contributed by atoms with E-state index >= 15 is 0 Å². The van der Waals surface area contributed by atoms with Crippen molar-refractivity contribution in [3.05, 3.63) is 0 Å². The lowest BCUT2D eigenvalue weighted by Gasteiger charge is -2.16. The molecule has 0 aliphatic rings. The fraction of sp³-hybridized carbons (Fsp3) is 0.889. The Morgan fingerprint density at radius 3 is 2.09 bits per heavy atom. The van der Waals surface area contributed by atoms with Crippen molar-refractivity contribution in [2.45, 2.75) is 71.6 Å². The summed E-state index contributed by atoms with van der Waals surface area (Å²) in [6, 6.07) is 0. The first-order valence-electron chi connectivity index (χ1n) is 8.94. The SMILES string of the molecule is CCCCOC(=O)CCCC(=O)OCC(CCCC)CCOC. The fourth-order valence-electron chi connectivity index (χ4n) is 2.15. The summed E-state index contributed by atoms with van der Waals surface area (Å²) in [5.41, 5.74) is 0. The van der Waals surface area contributed by atoms with Crippen molar-refractivity contribution in [1.82, 2.24) is 0 Å². The van der Waals surface area contributed by atoms with E-state index in [0.717, 1.165) is 38.5 Å². The van der Waals surface area contributed by atoms with Crippen molar-refractivity contribution < 1.29 is 23.8 Å². The Hall–Kier alpha value is -1.10. The molecule has 5 nitrogen and oxygen atoms in total. The zero-order valence-electron chi connectivity index (χ0n) is 15.1. The van der Waals surface area contributed by atoms with E-state index in [9.17, 15) is 9.59 Å². The molecular weight excluding hydrogens is 296 g/mol. The van der Waals surface area contributed by atoms with E-state index in [4.69, 9.17) is 14.2 Å². The molecule has 23 heavy (non-hydrogen) atoms. The van der Waals surface area contributed by atoms with Crippen molar-refractivity contribution in [2.75, 3.05) is 26.9 Å². The molecule has 0 radical (unpaired) electrons. The summed E-state index contributed by atoms with van der Waals surface area (Å²) in [5.74, 6) is -0.102. The van der Waals surface area contributed by atoms with Crippen LogP contribution in [0.1, 0.15) is 71.6 Å². The van der Waals surface area contributed by atoms with Crippen molar-refractivity contribution in [3.8, 4) is 0 Å². The Morgan fingerprint density at radius 1 is 0.826 bits per heavy atom. The highest BCUT2D eigenvalue weighted by molar-refractivity contribution is 5.72. The second-order valence-electron chi connectivity index (χ2n) is 5.90. The van der Waals surface area contributed by atoms with Gasteiger partial charge in [-0.2, -0.15) is 0 Å². The van der Waals surface area contributed by atoms with Crippen molar-refractivity contribution in [1.29, 1.82) is 0 Å². The molecule has 0 aromatic rings. The third-order valence-corrected chi connectivity index (χ3v) is 3.70. The summed E-state index contributed by atoms with van der Waals surface area (Å²) >= 11 is 0. The van der Waals surface area contributed by atoms with Gasteiger partial charge in [-0.3, -0.25) is 9.59 Å². The third kappa shape index (κ3) is 14.2. The third-order valence-electron chi connectivity index (χ3n) is 3.70. The maximum absolute atomic E-state index is 11.7. The average molecular weight is 330 g/mol. The Morgan fingerprint density at radius 2 is 1.48 bits per heavy atom. The van der Waals surface area contributed by atoms with Crippen molar-refractivity contribution in [2.24, 2.45) is 5.92 Å². The molecule has 0 aromatic carbocycles. The Labute approximate surface area is 141 Å². The highest BCUT2D eigenvalue weighted by Gasteiger charge is 2.12. The Kier molecular flexibility index (Phi) is 15.0. The predicted molar refractivity (Wildman–Crippen MR) is 90.2 cm³/mol. The van der Waals surface area contributed by atoms with Crippen LogP contribution in [0.4, 0.5) is 0 Å². The zero-order chi connectivity index (χ0) is 17.3. The Balaban J connectivity index is 3.78. The minimum Gasteiger partial charge on any atom is -0.466 e. The number of ether oxygens (including phenoxy) is 3. The monoisotopic (exact) mass is 330 g/mol. The largest absolute Gasteiger partial charge is 0.466 e. The molecule has 0 heterocycles. The molecule has 0 spiro atoms. The van der Waals surface area contributed by atoms with Crippen LogP contribution in [0.15, 0.2) is 0 Å². The molecule has 0 saturated heterocycles. The van der Waals surface area contributed by atoms with E-state index < -0.39 is 0 Å². The number of hydrogen-bond donors (Lipinski definition) is 0. The molecule has 0 N–H and O–H groups in total. The van der Waals surface area contributed by atoms with E-state index in [0.29, 0.717) is 32.2 Å². The van der Waals surface area contributed by atoms with Gasteiger partial charge in [-0.1, -0.05) is 33.1 Å². The molecule has 0 fully saturated rings. The van der Waals surface area contributed by atoms with Gasteiger partial charge in [0.05, 0.1) is 13.2 Å². The zero-order valence-corrected chi connectivity index (χ0v) is 15.1. The van der Waals surface area contributed by atoms with Gasteiger partial charge in [-0.15, -0.1) is 0 Å². The normalized spacial score (nSPS) is 12.0. The predicted octanol–water partition coefficient (Wildman–Crippen LogP) is 3.89. The quantitative estimate of drug-likeness (QED) is 0.337. The molecule has 136 valence electrons. The summed E-state index contributed by atoms with van der Waals surface area (Å²) in [4.78, 5) is 23.1. The first-order valence-corrected chi connectivity index (χ1v) is 8.94. The molecule has 1 unspecified atom stereocenters. The van der Waals surface area contributed by atoms with Crippen LogP contribution < -0.4 is 0 Å². The molecule has 0 bridgehead atoms. The molecule has 0 aliphatic heterocycles. The number of unbranched alkanes of at least 4 members (excludes halogenated alkanes) is 2. The highest BCUT2D eigenvalue weighted by Crippen LogP contribution is 2.14. The number of esters is 2. The van der Waals surface area contributed by atoms with Gasteiger partial charge in [0.1, 0.15) is 0 Å². The summed E-state index contributed by atoms with van der Waals surface area (Å²) in [5, 5.41) is 0. The minimum atomic E-state index is -0.231. The summed E-state index contributed by atoms with van der Waals surface area (Å²) < 4.78 is 15.5. The smallest absolute Gasteiger partial charge is 0.305 e. The van der Waals surface area contributed by atoms with E-state index in [1.165, 1.54) is 0 Å². The van der Waals surface area contributed by atoms with Gasteiger partial charge < -0.3 is 14.2 Å².